The Hall–Kier alpha value is -0.640. The molecule has 5 heteroatoms. The standard InChI is InChI=1S/C13H20N2O.2ClH/c1-13(2)10-14-8-9-15(13)11-4-6-12(16-3)7-5-11;;/h4-7,14H,8-10H2,1-3H3;2*1H. The summed E-state index contributed by atoms with van der Waals surface area (Å²) < 4.78 is 5.18. The number of anilines is 1. The fraction of sp³-hybridized carbons (Fsp3) is 0.538. The molecule has 0 unspecified atom stereocenters. The molecule has 104 valence electrons. The first-order valence-corrected chi connectivity index (χ1v) is 5.76. The van der Waals surface area contributed by atoms with Crippen LogP contribution in [0.5, 0.6) is 5.75 Å². The van der Waals surface area contributed by atoms with E-state index in [4.69, 9.17) is 4.74 Å². The Morgan fingerprint density at radius 1 is 1.17 bits per heavy atom. The SMILES string of the molecule is COc1ccc(N2CCNCC2(C)C)cc1.Cl.Cl. The van der Waals surface area contributed by atoms with Crippen molar-refractivity contribution in [3.05, 3.63) is 24.3 Å². The molecule has 0 bridgehead atoms. The number of ether oxygens (including phenoxy) is 1. The second-order valence-corrected chi connectivity index (χ2v) is 4.84. The minimum absolute atomic E-state index is 0. The predicted octanol–water partition coefficient (Wildman–Crippen LogP) is 2.73. The van der Waals surface area contributed by atoms with Gasteiger partial charge in [-0.1, -0.05) is 0 Å². The molecule has 1 aliphatic heterocycles. The molecule has 0 spiro atoms. The zero-order chi connectivity index (χ0) is 11.6. The van der Waals surface area contributed by atoms with Gasteiger partial charge < -0.3 is 15.0 Å². The highest BCUT2D eigenvalue weighted by Crippen LogP contribution is 2.26. The van der Waals surface area contributed by atoms with Crippen LogP contribution in [0, 0.1) is 0 Å². The molecule has 0 atom stereocenters. The van der Waals surface area contributed by atoms with Crippen molar-refractivity contribution in [2.75, 3.05) is 31.6 Å². The first-order chi connectivity index (χ1) is 7.63. The highest BCUT2D eigenvalue weighted by molar-refractivity contribution is 5.85. The number of benzene rings is 1. The maximum atomic E-state index is 5.18. The Balaban J connectivity index is 0.00000144. The molecular weight excluding hydrogens is 271 g/mol. The van der Waals surface area contributed by atoms with Crippen LogP contribution in [0.15, 0.2) is 24.3 Å². The Bertz CT molecular complexity index is 355. The van der Waals surface area contributed by atoms with E-state index in [1.54, 1.807) is 7.11 Å². The van der Waals surface area contributed by atoms with E-state index in [1.807, 2.05) is 12.1 Å². The normalized spacial score (nSPS) is 17.4. The van der Waals surface area contributed by atoms with E-state index in [9.17, 15) is 0 Å². The van der Waals surface area contributed by atoms with Crippen LogP contribution in [0.4, 0.5) is 5.69 Å². The molecule has 0 aromatic heterocycles. The van der Waals surface area contributed by atoms with E-state index in [2.05, 4.69) is 36.2 Å². The number of nitrogens with zero attached hydrogens (tertiary/aromatic N) is 1. The van der Waals surface area contributed by atoms with Gasteiger partial charge in [-0.2, -0.15) is 0 Å². The Morgan fingerprint density at radius 2 is 1.78 bits per heavy atom. The van der Waals surface area contributed by atoms with Crippen molar-refractivity contribution >= 4 is 30.5 Å². The topological polar surface area (TPSA) is 24.5 Å². The maximum absolute atomic E-state index is 5.18. The molecule has 1 saturated heterocycles. The van der Waals surface area contributed by atoms with Gasteiger partial charge in [0, 0.05) is 30.9 Å². The van der Waals surface area contributed by atoms with Gasteiger partial charge in [0.1, 0.15) is 5.75 Å². The minimum atomic E-state index is 0. The summed E-state index contributed by atoms with van der Waals surface area (Å²) in [5, 5.41) is 3.43. The van der Waals surface area contributed by atoms with Crippen molar-refractivity contribution < 1.29 is 4.74 Å². The van der Waals surface area contributed by atoms with Crippen LogP contribution in [0.1, 0.15) is 13.8 Å². The molecule has 2 rings (SSSR count). The van der Waals surface area contributed by atoms with Crippen molar-refractivity contribution in [1.82, 2.24) is 5.32 Å². The van der Waals surface area contributed by atoms with E-state index in [1.165, 1.54) is 5.69 Å². The van der Waals surface area contributed by atoms with E-state index in [-0.39, 0.29) is 30.4 Å². The molecule has 18 heavy (non-hydrogen) atoms. The molecule has 0 radical (unpaired) electrons. The maximum Gasteiger partial charge on any atom is 0.119 e. The van der Waals surface area contributed by atoms with Gasteiger partial charge in [-0.25, -0.2) is 0 Å². The van der Waals surface area contributed by atoms with Gasteiger partial charge in [0.15, 0.2) is 0 Å². The summed E-state index contributed by atoms with van der Waals surface area (Å²) >= 11 is 0. The summed E-state index contributed by atoms with van der Waals surface area (Å²) in [4.78, 5) is 2.45. The van der Waals surface area contributed by atoms with Gasteiger partial charge in [0.25, 0.3) is 0 Å². The van der Waals surface area contributed by atoms with Crippen LogP contribution in [0.25, 0.3) is 0 Å². The third kappa shape index (κ3) is 3.67. The summed E-state index contributed by atoms with van der Waals surface area (Å²) in [5.74, 6) is 0.914. The van der Waals surface area contributed by atoms with Crippen LogP contribution in [-0.2, 0) is 0 Å². The number of hydrogen-bond acceptors (Lipinski definition) is 3. The van der Waals surface area contributed by atoms with Crippen molar-refractivity contribution in [1.29, 1.82) is 0 Å². The number of nitrogens with one attached hydrogen (secondary N) is 1. The molecule has 0 saturated carbocycles. The lowest BCUT2D eigenvalue weighted by molar-refractivity contribution is 0.380. The zero-order valence-corrected chi connectivity index (χ0v) is 12.7. The second kappa shape index (κ2) is 7.07. The number of hydrogen-bond donors (Lipinski definition) is 1. The molecule has 3 nitrogen and oxygen atoms in total. The molecule has 1 aliphatic rings. The number of halogens is 2. The molecule has 1 aromatic rings. The molecule has 1 heterocycles. The summed E-state index contributed by atoms with van der Waals surface area (Å²) in [6, 6.07) is 8.30. The third-order valence-electron chi connectivity index (χ3n) is 3.18. The van der Waals surface area contributed by atoms with Gasteiger partial charge in [0.2, 0.25) is 0 Å². The van der Waals surface area contributed by atoms with E-state index >= 15 is 0 Å². The lowest BCUT2D eigenvalue weighted by atomic mass is 9.99. The van der Waals surface area contributed by atoms with E-state index in [0.29, 0.717) is 0 Å². The molecular formula is C13H22Cl2N2O. The van der Waals surface area contributed by atoms with Crippen molar-refractivity contribution in [2.24, 2.45) is 0 Å². The van der Waals surface area contributed by atoms with Crippen molar-refractivity contribution in [3.63, 3.8) is 0 Å². The average molecular weight is 293 g/mol. The average Bonchev–Trinajstić information content (AvgIpc) is 2.29. The van der Waals surface area contributed by atoms with Gasteiger partial charge in [-0.15, -0.1) is 24.8 Å². The first kappa shape index (κ1) is 17.4. The smallest absolute Gasteiger partial charge is 0.119 e. The summed E-state index contributed by atoms with van der Waals surface area (Å²) in [5.41, 5.74) is 1.44. The number of piperazine rings is 1. The van der Waals surface area contributed by atoms with Gasteiger partial charge >= 0.3 is 0 Å². The van der Waals surface area contributed by atoms with E-state index < -0.39 is 0 Å². The summed E-state index contributed by atoms with van der Waals surface area (Å²) in [6.45, 7) is 7.67. The molecule has 1 aromatic carbocycles. The number of rotatable bonds is 2. The number of methoxy groups -OCH3 is 1. The van der Waals surface area contributed by atoms with E-state index in [0.717, 1.165) is 25.4 Å². The molecule has 0 amide bonds. The minimum Gasteiger partial charge on any atom is -0.497 e. The van der Waals surface area contributed by atoms with Crippen LogP contribution in [0.2, 0.25) is 0 Å². The van der Waals surface area contributed by atoms with Crippen molar-refractivity contribution in [3.8, 4) is 5.75 Å². The second-order valence-electron chi connectivity index (χ2n) is 4.84. The third-order valence-corrected chi connectivity index (χ3v) is 3.18. The van der Waals surface area contributed by atoms with Gasteiger partial charge in [0.05, 0.1) is 7.11 Å². The molecule has 1 fully saturated rings. The molecule has 1 N–H and O–H groups in total. The van der Waals surface area contributed by atoms with Crippen LogP contribution >= 0.6 is 24.8 Å². The summed E-state index contributed by atoms with van der Waals surface area (Å²) in [7, 11) is 1.70. The summed E-state index contributed by atoms with van der Waals surface area (Å²) in [6.07, 6.45) is 0. The predicted molar refractivity (Wildman–Crippen MR) is 81.8 cm³/mol. The van der Waals surface area contributed by atoms with Crippen molar-refractivity contribution in [2.45, 2.75) is 19.4 Å². The highest BCUT2D eigenvalue weighted by atomic mass is 35.5. The lowest BCUT2D eigenvalue weighted by Gasteiger charge is -2.44. The van der Waals surface area contributed by atoms with Gasteiger partial charge in [-0.3, -0.25) is 0 Å². The lowest BCUT2D eigenvalue weighted by Crippen LogP contribution is -2.58. The van der Waals surface area contributed by atoms with Crippen LogP contribution < -0.4 is 15.0 Å². The molecule has 0 aliphatic carbocycles. The highest BCUT2D eigenvalue weighted by Gasteiger charge is 2.29. The monoisotopic (exact) mass is 292 g/mol. The van der Waals surface area contributed by atoms with Crippen LogP contribution in [0.3, 0.4) is 0 Å². The van der Waals surface area contributed by atoms with Crippen LogP contribution in [-0.4, -0.2) is 32.3 Å². The fourth-order valence-corrected chi connectivity index (χ4v) is 2.22. The quantitative estimate of drug-likeness (QED) is 0.907. The first-order valence-electron chi connectivity index (χ1n) is 5.76. The zero-order valence-electron chi connectivity index (χ0n) is 11.1. The van der Waals surface area contributed by atoms with Gasteiger partial charge in [-0.05, 0) is 38.1 Å². The Kier molecular flexibility index (Phi) is 6.82. The fourth-order valence-electron chi connectivity index (χ4n) is 2.22. The Labute approximate surface area is 122 Å². The largest absolute Gasteiger partial charge is 0.497 e. The Morgan fingerprint density at radius 3 is 2.28 bits per heavy atom.